The van der Waals surface area contributed by atoms with Crippen LogP contribution in [0.4, 0.5) is 0 Å². The van der Waals surface area contributed by atoms with Crippen molar-refractivity contribution in [2.75, 3.05) is 13.2 Å². The molecule has 7 nitrogen and oxygen atoms in total. The van der Waals surface area contributed by atoms with Gasteiger partial charge in [-0.2, -0.15) is 0 Å². The van der Waals surface area contributed by atoms with Gasteiger partial charge in [-0.25, -0.2) is 18.0 Å². The Morgan fingerprint density at radius 1 is 0.509 bits per heavy atom. The monoisotopic (exact) mass is 784 g/mol. The zero-order chi connectivity index (χ0) is 38.0. The Balaban J connectivity index is 0.0000270. The summed E-state index contributed by atoms with van der Waals surface area (Å²) in [6, 6.07) is 3.13. The van der Waals surface area contributed by atoms with Crippen LogP contribution < -0.4 is 51.4 Å². The molecule has 0 N–H and O–H groups in total. The Morgan fingerprint density at radius 3 is 1.19 bits per heavy atom. The molecule has 1 rings (SSSR count). The van der Waals surface area contributed by atoms with Gasteiger partial charge in [-0.3, -0.25) is 0 Å². The molecule has 53 heavy (non-hydrogen) atoms. The Kier molecular flexibility index (Phi) is 36.2. The van der Waals surface area contributed by atoms with E-state index < -0.39 is 27.0 Å². The molecule has 0 saturated heterocycles. The van der Waals surface area contributed by atoms with Crippen LogP contribution in [0.3, 0.4) is 0 Å². The number of hydrogen-bond donors (Lipinski definition) is 0. The first-order valence-corrected chi connectivity index (χ1v) is 22.5. The number of ether oxygens (including phenoxy) is 2. The van der Waals surface area contributed by atoms with Crippen LogP contribution in [0, 0.1) is 0 Å². The molecule has 0 amide bonds. The molecule has 0 bridgehead atoms. The maximum Gasteiger partial charge on any atom is 1.00 e. The first-order chi connectivity index (χ1) is 25.3. The zero-order valence-corrected chi connectivity index (χ0v) is 38.0. The van der Waals surface area contributed by atoms with Crippen LogP contribution in [0.2, 0.25) is 0 Å². The van der Waals surface area contributed by atoms with Gasteiger partial charge < -0.3 is 14.0 Å². The van der Waals surface area contributed by atoms with Crippen molar-refractivity contribution in [2.45, 2.75) is 199 Å². The van der Waals surface area contributed by atoms with Gasteiger partial charge in [0.25, 0.3) is 0 Å². The van der Waals surface area contributed by atoms with E-state index in [1.54, 1.807) is 0 Å². The second-order valence-corrected chi connectivity index (χ2v) is 15.7. The summed E-state index contributed by atoms with van der Waals surface area (Å²) in [6.45, 7) is 4.84. The van der Waals surface area contributed by atoms with Gasteiger partial charge in [0, 0.05) is 0 Å². The van der Waals surface area contributed by atoms with Crippen LogP contribution in [0.1, 0.15) is 214 Å². The third-order valence-corrected chi connectivity index (χ3v) is 10.3. The number of esters is 2. The fourth-order valence-electron chi connectivity index (χ4n) is 6.21. The van der Waals surface area contributed by atoms with Crippen LogP contribution in [-0.2, 0) is 19.6 Å². The maximum absolute atomic E-state index is 12.9. The fraction of sp³-hybridized carbons (Fsp3) is 0.727. The Hall–Kier alpha value is -0.814. The Labute approximate surface area is 367 Å². The van der Waals surface area contributed by atoms with Gasteiger partial charge in [0.2, 0.25) is 0 Å². The predicted octanol–water partition coefficient (Wildman–Crippen LogP) is 9.98. The molecule has 0 radical (unpaired) electrons. The third kappa shape index (κ3) is 30.1. The van der Waals surface area contributed by atoms with Gasteiger partial charge in [0.15, 0.2) is 0 Å². The maximum atomic E-state index is 12.9. The normalized spacial score (nSPS) is 11.7. The van der Waals surface area contributed by atoms with Crippen LogP contribution in [0.5, 0.6) is 0 Å². The van der Waals surface area contributed by atoms with E-state index in [-0.39, 0.29) is 75.7 Å². The molecule has 298 valence electrons. The number of benzene rings is 1. The first kappa shape index (κ1) is 52.2. The quantitative estimate of drug-likeness (QED) is 0.0222. The summed E-state index contributed by atoms with van der Waals surface area (Å²) in [4.78, 5) is 25.2. The number of allylic oxidation sites excluding steroid dienone is 4. The minimum atomic E-state index is -4.82. The van der Waals surface area contributed by atoms with E-state index in [0.717, 1.165) is 56.7 Å². The first-order valence-electron chi connectivity index (χ1n) is 21.0. The van der Waals surface area contributed by atoms with E-state index in [4.69, 9.17) is 9.47 Å². The van der Waals surface area contributed by atoms with Gasteiger partial charge in [0.05, 0.1) is 29.2 Å². The van der Waals surface area contributed by atoms with Crippen molar-refractivity contribution < 1.29 is 83.4 Å². The van der Waals surface area contributed by atoms with Crippen molar-refractivity contribution in [3.63, 3.8) is 0 Å². The van der Waals surface area contributed by atoms with Crippen molar-refractivity contribution in [3.8, 4) is 0 Å². The number of rotatable bonds is 35. The van der Waals surface area contributed by atoms with Crippen molar-refractivity contribution >= 4 is 22.1 Å². The number of carbonyl (C=O) groups is 2. The van der Waals surface area contributed by atoms with Crippen molar-refractivity contribution in [3.05, 3.63) is 53.6 Å². The number of hydrogen-bond acceptors (Lipinski definition) is 7. The minimum Gasteiger partial charge on any atom is -0.744 e. The van der Waals surface area contributed by atoms with Crippen LogP contribution in [-0.4, -0.2) is 38.1 Å². The summed E-state index contributed by atoms with van der Waals surface area (Å²) >= 11 is 0. The molecule has 9 heteroatoms. The van der Waals surface area contributed by atoms with Gasteiger partial charge in [0.1, 0.15) is 10.1 Å². The van der Waals surface area contributed by atoms with E-state index >= 15 is 0 Å². The molecule has 0 aliphatic carbocycles. The Morgan fingerprint density at radius 2 is 0.830 bits per heavy atom. The van der Waals surface area contributed by atoms with E-state index in [2.05, 4.69) is 38.2 Å². The molecule has 0 aliphatic heterocycles. The van der Waals surface area contributed by atoms with Crippen molar-refractivity contribution in [1.29, 1.82) is 0 Å². The summed E-state index contributed by atoms with van der Waals surface area (Å²) < 4.78 is 45.7. The summed E-state index contributed by atoms with van der Waals surface area (Å²) in [5.41, 5.74) is -0.345. The molecule has 0 fully saturated rings. The molecule has 0 saturated carbocycles. The molecule has 0 spiro atoms. The zero-order valence-electron chi connectivity index (χ0n) is 34.0. The molecular formula is C44H73KO7S. The third-order valence-electron chi connectivity index (χ3n) is 9.50. The van der Waals surface area contributed by atoms with Gasteiger partial charge >= 0.3 is 63.3 Å². The summed E-state index contributed by atoms with van der Waals surface area (Å²) in [6.07, 6.45) is 42.1. The summed E-state index contributed by atoms with van der Waals surface area (Å²) in [7, 11) is -4.82. The number of carbonyl (C=O) groups excluding carboxylic acids is 2. The number of unbranched alkanes of at least 4 members (excludes halogenated alkanes) is 24. The molecular weight excluding hydrogens is 712 g/mol. The van der Waals surface area contributed by atoms with Gasteiger partial charge in [-0.1, -0.05) is 154 Å². The molecule has 0 aromatic heterocycles. The van der Waals surface area contributed by atoms with Gasteiger partial charge in [-0.05, 0) is 82.4 Å². The molecule has 0 unspecified atom stereocenters. The van der Waals surface area contributed by atoms with Crippen LogP contribution in [0.15, 0.2) is 47.4 Å². The topological polar surface area (TPSA) is 110 Å². The molecule has 1 aromatic rings. The van der Waals surface area contributed by atoms with Crippen LogP contribution >= 0.6 is 0 Å². The van der Waals surface area contributed by atoms with Crippen molar-refractivity contribution in [2.24, 2.45) is 0 Å². The van der Waals surface area contributed by atoms with Crippen LogP contribution in [0.25, 0.3) is 0 Å². The Bertz CT molecular complexity index is 1210. The van der Waals surface area contributed by atoms with E-state index in [1.165, 1.54) is 128 Å². The van der Waals surface area contributed by atoms with E-state index in [9.17, 15) is 22.6 Å². The average Bonchev–Trinajstić information content (AvgIpc) is 3.13. The second kappa shape index (κ2) is 36.8. The SMILES string of the molecule is CCCCCC/C=C/CCCCCCCCCCOC(=O)c1ccc(S(=O)(=O)[O-])cc1C(=O)OCCCCCCCCCC/C=C/CCCCCC.[K+]. The smallest absolute Gasteiger partial charge is 0.744 e. The molecule has 0 heterocycles. The second-order valence-electron chi connectivity index (χ2n) is 14.3. The largest absolute Gasteiger partial charge is 1.00 e. The van der Waals surface area contributed by atoms with E-state index in [0.29, 0.717) is 12.8 Å². The van der Waals surface area contributed by atoms with E-state index in [1.807, 2.05) is 0 Å². The predicted molar refractivity (Wildman–Crippen MR) is 214 cm³/mol. The van der Waals surface area contributed by atoms with Crippen molar-refractivity contribution in [1.82, 2.24) is 0 Å². The molecule has 0 aliphatic rings. The minimum absolute atomic E-state index is 0. The standard InChI is InChI=1S/C44H74O7S.K/c1-3-5-7-9-11-13-15-17-19-21-23-25-27-29-31-33-37-50-43(45)41-36-35-40(52(47,48)49)39-42(41)44(46)51-38-34-32-30-28-26-24-22-20-18-16-14-12-10-8-6-4-2;/h13-16,35-36,39H,3-12,17-34,37-38H2,1-2H3,(H,47,48,49);/q;+1/p-1/b15-13+,16-14+;. The summed E-state index contributed by atoms with van der Waals surface area (Å²) in [5.74, 6) is -1.55. The molecule has 0 atom stereocenters. The summed E-state index contributed by atoms with van der Waals surface area (Å²) in [5, 5.41) is 0. The molecule has 1 aromatic carbocycles. The average molecular weight is 785 g/mol. The fourth-order valence-corrected chi connectivity index (χ4v) is 6.71. The van der Waals surface area contributed by atoms with Gasteiger partial charge in [-0.15, -0.1) is 0 Å².